The van der Waals surface area contributed by atoms with E-state index >= 15 is 0 Å². The first-order valence-corrected chi connectivity index (χ1v) is 6.21. The van der Waals surface area contributed by atoms with E-state index in [-0.39, 0.29) is 0 Å². The molecule has 0 saturated carbocycles. The van der Waals surface area contributed by atoms with E-state index in [1.165, 1.54) is 25.8 Å². The summed E-state index contributed by atoms with van der Waals surface area (Å²) in [5.74, 6) is 0. The molecule has 0 bridgehead atoms. The van der Waals surface area contributed by atoms with Gasteiger partial charge in [-0.1, -0.05) is 6.42 Å². The quantitative estimate of drug-likeness (QED) is 0.678. The van der Waals surface area contributed by atoms with E-state index in [0.29, 0.717) is 6.04 Å². The van der Waals surface area contributed by atoms with Gasteiger partial charge in [-0.3, -0.25) is 4.90 Å². The molecule has 0 amide bonds. The fraction of sp³-hybridized carbons (Fsp3) is 1.00. The number of ether oxygens (including phenoxy) is 1. The minimum Gasteiger partial charge on any atom is -0.383 e. The van der Waals surface area contributed by atoms with Crippen molar-refractivity contribution < 1.29 is 4.74 Å². The lowest BCUT2D eigenvalue weighted by atomic mass is 10.0. The summed E-state index contributed by atoms with van der Waals surface area (Å²) in [6.45, 7) is 8.79. The highest BCUT2D eigenvalue weighted by atomic mass is 16.5. The smallest absolute Gasteiger partial charge is 0.0587 e. The number of nitrogens with one attached hydrogen (secondary N) is 1. The van der Waals surface area contributed by atoms with Crippen LogP contribution in [0.15, 0.2) is 0 Å². The molecule has 1 aliphatic rings. The number of hydrogen-bond donors (Lipinski definition) is 1. The van der Waals surface area contributed by atoms with Crippen molar-refractivity contribution in [2.45, 2.75) is 45.2 Å². The highest BCUT2D eigenvalue weighted by molar-refractivity contribution is 4.79. The van der Waals surface area contributed by atoms with Crippen LogP contribution >= 0.6 is 0 Å². The van der Waals surface area contributed by atoms with Gasteiger partial charge in [0.1, 0.15) is 0 Å². The van der Waals surface area contributed by atoms with E-state index in [2.05, 4.69) is 24.1 Å². The zero-order chi connectivity index (χ0) is 11.1. The molecular formula is C12H26N2O. The average molecular weight is 214 g/mol. The van der Waals surface area contributed by atoms with Crippen LogP contribution < -0.4 is 5.32 Å². The molecule has 0 radical (unpaired) electrons. The first-order valence-electron chi connectivity index (χ1n) is 6.21. The summed E-state index contributed by atoms with van der Waals surface area (Å²) in [5.41, 5.74) is 0. The molecule has 3 heteroatoms. The van der Waals surface area contributed by atoms with Crippen LogP contribution in [0, 0.1) is 0 Å². The molecule has 0 spiro atoms. The normalized spacial score (nSPS) is 25.4. The molecule has 0 aliphatic carbocycles. The van der Waals surface area contributed by atoms with Gasteiger partial charge in [-0.15, -0.1) is 0 Å². The average Bonchev–Trinajstić information content (AvgIpc) is 2.25. The lowest BCUT2D eigenvalue weighted by Crippen LogP contribution is -2.47. The molecule has 1 fully saturated rings. The Bertz CT molecular complexity index is 164. The first kappa shape index (κ1) is 12.9. The Hall–Kier alpha value is -0.120. The van der Waals surface area contributed by atoms with Crippen LogP contribution in [0.2, 0.25) is 0 Å². The minimum absolute atomic E-state index is 0.650. The van der Waals surface area contributed by atoms with Crippen molar-refractivity contribution in [3.63, 3.8) is 0 Å². The maximum Gasteiger partial charge on any atom is 0.0587 e. The highest BCUT2D eigenvalue weighted by Crippen LogP contribution is 2.18. The van der Waals surface area contributed by atoms with Gasteiger partial charge in [0.2, 0.25) is 0 Å². The second kappa shape index (κ2) is 7.20. The van der Waals surface area contributed by atoms with Crippen molar-refractivity contribution in [1.29, 1.82) is 0 Å². The van der Waals surface area contributed by atoms with Gasteiger partial charge in [0.05, 0.1) is 6.61 Å². The van der Waals surface area contributed by atoms with Crippen LogP contribution in [0.25, 0.3) is 0 Å². The van der Waals surface area contributed by atoms with Crippen molar-refractivity contribution in [3.05, 3.63) is 0 Å². The zero-order valence-corrected chi connectivity index (χ0v) is 10.5. The van der Waals surface area contributed by atoms with Crippen LogP contribution in [0.4, 0.5) is 0 Å². The molecule has 0 aromatic carbocycles. The van der Waals surface area contributed by atoms with E-state index in [1.807, 2.05) is 0 Å². The molecule has 15 heavy (non-hydrogen) atoms. The Morgan fingerprint density at radius 3 is 2.93 bits per heavy atom. The lowest BCUT2D eigenvalue weighted by Gasteiger charge is -2.38. The van der Waals surface area contributed by atoms with Gasteiger partial charge in [-0.25, -0.2) is 0 Å². The largest absolute Gasteiger partial charge is 0.383 e. The first-order chi connectivity index (χ1) is 7.25. The minimum atomic E-state index is 0.650. The van der Waals surface area contributed by atoms with Crippen molar-refractivity contribution in [2.24, 2.45) is 0 Å². The Labute approximate surface area is 94.2 Å². The second-order valence-electron chi connectivity index (χ2n) is 4.63. The Morgan fingerprint density at radius 1 is 1.47 bits per heavy atom. The molecule has 1 rings (SSSR count). The summed E-state index contributed by atoms with van der Waals surface area (Å²) in [6.07, 6.45) is 4.14. The van der Waals surface area contributed by atoms with Gasteiger partial charge in [-0.2, -0.15) is 0 Å². The molecule has 0 aromatic rings. The number of rotatable bonds is 6. The van der Waals surface area contributed by atoms with Crippen molar-refractivity contribution >= 4 is 0 Å². The van der Waals surface area contributed by atoms with Gasteiger partial charge in [-0.05, 0) is 33.2 Å². The fourth-order valence-electron chi connectivity index (χ4n) is 2.38. The van der Waals surface area contributed by atoms with Crippen LogP contribution in [0.5, 0.6) is 0 Å². The molecule has 2 unspecified atom stereocenters. The molecule has 1 heterocycles. The van der Waals surface area contributed by atoms with Crippen molar-refractivity contribution in [2.75, 3.05) is 33.4 Å². The standard InChI is InChI=1S/C12H26N2O/c1-11-6-4-5-8-14(11)12(2)10-13-7-9-15-3/h11-13H,4-10H2,1-3H3. The molecule has 0 aromatic heterocycles. The van der Waals surface area contributed by atoms with Crippen LogP contribution in [0.3, 0.4) is 0 Å². The number of likely N-dealkylation sites (tertiary alicyclic amines) is 1. The summed E-state index contributed by atoms with van der Waals surface area (Å²) >= 11 is 0. The number of hydrogen-bond acceptors (Lipinski definition) is 3. The van der Waals surface area contributed by atoms with E-state index in [0.717, 1.165) is 25.7 Å². The van der Waals surface area contributed by atoms with Crippen LogP contribution in [-0.4, -0.2) is 50.3 Å². The van der Waals surface area contributed by atoms with Gasteiger partial charge >= 0.3 is 0 Å². The topological polar surface area (TPSA) is 24.5 Å². The van der Waals surface area contributed by atoms with Crippen molar-refractivity contribution in [3.8, 4) is 0 Å². The predicted octanol–water partition coefficient (Wildman–Crippen LogP) is 1.49. The van der Waals surface area contributed by atoms with E-state index in [9.17, 15) is 0 Å². The molecule has 3 nitrogen and oxygen atoms in total. The van der Waals surface area contributed by atoms with E-state index < -0.39 is 0 Å². The fourth-order valence-corrected chi connectivity index (χ4v) is 2.38. The number of nitrogens with zero attached hydrogens (tertiary/aromatic N) is 1. The Balaban J connectivity index is 2.16. The third kappa shape index (κ3) is 4.49. The summed E-state index contributed by atoms with van der Waals surface area (Å²) in [6, 6.07) is 1.41. The van der Waals surface area contributed by atoms with Crippen molar-refractivity contribution in [1.82, 2.24) is 10.2 Å². The maximum atomic E-state index is 5.01. The second-order valence-corrected chi connectivity index (χ2v) is 4.63. The SMILES string of the molecule is COCCNCC(C)N1CCCCC1C. The van der Waals surface area contributed by atoms with Gasteiger partial charge < -0.3 is 10.1 Å². The van der Waals surface area contributed by atoms with Gasteiger partial charge in [0, 0.05) is 32.3 Å². The van der Waals surface area contributed by atoms with Gasteiger partial charge in [0.25, 0.3) is 0 Å². The number of piperidine rings is 1. The Kier molecular flexibility index (Phi) is 6.22. The van der Waals surface area contributed by atoms with Crippen LogP contribution in [0.1, 0.15) is 33.1 Å². The molecular weight excluding hydrogens is 188 g/mol. The third-order valence-electron chi connectivity index (χ3n) is 3.34. The highest BCUT2D eigenvalue weighted by Gasteiger charge is 2.22. The van der Waals surface area contributed by atoms with Gasteiger partial charge in [0.15, 0.2) is 0 Å². The Morgan fingerprint density at radius 2 is 2.27 bits per heavy atom. The lowest BCUT2D eigenvalue weighted by molar-refractivity contribution is 0.111. The molecule has 1 saturated heterocycles. The molecule has 2 atom stereocenters. The van der Waals surface area contributed by atoms with Crippen LogP contribution in [-0.2, 0) is 4.74 Å². The summed E-state index contributed by atoms with van der Waals surface area (Å²) in [5, 5.41) is 3.44. The maximum absolute atomic E-state index is 5.01. The molecule has 90 valence electrons. The molecule has 1 N–H and O–H groups in total. The monoisotopic (exact) mass is 214 g/mol. The molecule has 1 aliphatic heterocycles. The summed E-state index contributed by atoms with van der Waals surface area (Å²) in [7, 11) is 1.75. The zero-order valence-electron chi connectivity index (χ0n) is 10.5. The summed E-state index contributed by atoms with van der Waals surface area (Å²) < 4.78 is 5.01. The number of methoxy groups -OCH3 is 1. The third-order valence-corrected chi connectivity index (χ3v) is 3.34. The summed E-state index contributed by atoms with van der Waals surface area (Å²) in [4.78, 5) is 2.63. The van der Waals surface area contributed by atoms with E-state index in [4.69, 9.17) is 4.74 Å². The predicted molar refractivity (Wildman–Crippen MR) is 64.2 cm³/mol. The van der Waals surface area contributed by atoms with E-state index in [1.54, 1.807) is 7.11 Å².